The molecule has 6 heteroatoms. The number of aliphatic hydroxyl groups excluding tert-OH is 1. The van der Waals surface area contributed by atoms with Gasteiger partial charge in [0.05, 0.1) is 19.2 Å². The predicted octanol–water partition coefficient (Wildman–Crippen LogP) is 1.49. The highest BCUT2D eigenvalue weighted by molar-refractivity contribution is 5.85. The Morgan fingerprint density at radius 3 is 3.12 bits per heavy atom. The summed E-state index contributed by atoms with van der Waals surface area (Å²) in [7, 11) is 0. The first-order valence-electron chi connectivity index (χ1n) is 9.29. The number of benzene rings is 1. The van der Waals surface area contributed by atoms with Crippen LogP contribution in [0.25, 0.3) is 10.9 Å². The first kappa shape index (κ1) is 17.1. The van der Waals surface area contributed by atoms with Crippen molar-refractivity contribution in [1.82, 2.24) is 15.2 Å². The van der Waals surface area contributed by atoms with Crippen LogP contribution < -0.4 is 5.32 Å². The van der Waals surface area contributed by atoms with Crippen molar-refractivity contribution in [3.8, 4) is 6.07 Å². The van der Waals surface area contributed by atoms with Gasteiger partial charge in [0.1, 0.15) is 6.04 Å². The van der Waals surface area contributed by atoms with E-state index in [1.54, 1.807) is 4.90 Å². The van der Waals surface area contributed by atoms with Gasteiger partial charge in [-0.15, -0.1) is 0 Å². The molecular weight excluding hydrogens is 328 g/mol. The van der Waals surface area contributed by atoms with E-state index in [9.17, 15) is 15.2 Å². The lowest BCUT2D eigenvalue weighted by Crippen LogP contribution is -2.55. The number of aromatic amines is 1. The zero-order valence-electron chi connectivity index (χ0n) is 14.8. The van der Waals surface area contributed by atoms with Crippen LogP contribution in [0.1, 0.15) is 30.5 Å². The zero-order chi connectivity index (χ0) is 18.1. The van der Waals surface area contributed by atoms with E-state index in [4.69, 9.17) is 0 Å². The number of para-hydroxylation sites is 1. The van der Waals surface area contributed by atoms with Crippen LogP contribution in [0.3, 0.4) is 0 Å². The number of H-pyrrole nitrogens is 1. The van der Waals surface area contributed by atoms with Crippen molar-refractivity contribution in [3.63, 3.8) is 0 Å². The molecule has 1 unspecified atom stereocenters. The molecule has 1 aromatic carbocycles. The normalized spacial score (nSPS) is 25.2. The number of carbonyl (C=O) groups excluding carboxylic acids is 1. The molecule has 1 aliphatic carbocycles. The van der Waals surface area contributed by atoms with Gasteiger partial charge in [-0.3, -0.25) is 4.79 Å². The molecule has 2 heterocycles. The molecule has 1 fully saturated rings. The molecule has 6 nitrogen and oxygen atoms in total. The Morgan fingerprint density at radius 1 is 1.46 bits per heavy atom. The number of aryl methyl sites for hydroxylation is 1. The lowest BCUT2D eigenvalue weighted by Gasteiger charge is -2.37. The van der Waals surface area contributed by atoms with Gasteiger partial charge in [-0.2, -0.15) is 5.26 Å². The lowest BCUT2D eigenvalue weighted by atomic mass is 9.80. The van der Waals surface area contributed by atoms with Gasteiger partial charge in [0.25, 0.3) is 0 Å². The molecule has 26 heavy (non-hydrogen) atoms. The van der Waals surface area contributed by atoms with Crippen molar-refractivity contribution in [1.29, 1.82) is 5.26 Å². The zero-order valence-corrected chi connectivity index (χ0v) is 14.8. The molecule has 1 amide bonds. The number of nitrogens with one attached hydrogen (secondary N) is 2. The number of nitrogens with zero attached hydrogens (tertiary/aromatic N) is 2. The molecular formula is C20H24N4O2. The summed E-state index contributed by atoms with van der Waals surface area (Å²) in [5.74, 6) is -0.0494. The van der Waals surface area contributed by atoms with Crippen molar-refractivity contribution >= 4 is 16.8 Å². The minimum atomic E-state index is -0.491. The number of rotatable bonds is 4. The van der Waals surface area contributed by atoms with Crippen LogP contribution in [-0.2, 0) is 17.6 Å². The standard InChI is InChI=1S/C20H24N4O2/c21-11-14-4-3-9-24(14)19(26)12-22-20(13-25)8-7-18-16(10-20)15-5-1-2-6-17(15)23-18/h1-2,5-6,14,22-23,25H,3-4,7-10,12-13H2/t14-,20?/m0/s1. The fourth-order valence-corrected chi connectivity index (χ4v) is 4.37. The van der Waals surface area contributed by atoms with Gasteiger partial charge < -0.3 is 20.3 Å². The highest BCUT2D eigenvalue weighted by Gasteiger charge is 2.37. The Labute approximate surface area is 152 Å². The van der Waals surface area contributed by atoms with Gasteiger partial charge in [0.2, 0.25) is 5.91 Å². The Morgan fingerprint density at radius 2 is 2.31 bits per heavy atom. The van der Waals surface area contributed by atoms with Gasteiger partial charge in [0, 0.05) is 28.7 Å². The summed E-state index contributed by atoms with van der Waals surface area (Å²) in [6.45, 7) is 0.800. The van der Waals surface area contributed by atoms with Crippen LogP contribution in [0.2, 0.25) is 0 Å². The summed E-state index contributed by atoms with van der Waals surface area (Å²) in [6, 6.07) is 10.1. The van der Waals surface area contributed by atoms with E-state index >= 15 is 0 Å². The van der Waals surface area contributed by atoms with E-state index in [-0.39, 0.29) is 25.1 Å². The second kappa shape index (κ2) is 6.75. The maximum absolute atomic E-state index is 12.5. The molecule has 0 bridgehead atoms. The maximum Gasteiger partial charge on any atom is 0.237 e. The summed E-state index contributed by atoms with van der Waals surface area (Å²) >= 11 is 0. The van der Waals surface area contributed by atoms with E-state index in [1.165, 1.54) is 16.6 Å². The monoisotopic (exact) mass is 352 g/mol. The highest BCUT2D eigenvalue weighted by Crippen LogP contribution is 2.33. The molecule has 0 spiro atoms. The largest absolute Gasteiger partial charge is 0.394 e. The third kappa shape index (κ3) is 2.87. The van der Waals surface area contributed by atoms with Gasteiger partial charge >= 0.3 is 0 Å². The maximum atomic E-state index is 12.5. The van der Waals surface area contributed by atoms with Gasteiger partial charge in [-0.05, 0) is 43.7 Å². The molecule has 3 N–H and O–H groups in total. The van der Waals surface area contributed by atoms with E-state index in [0.29, 0.717) is 13.0 Å². The molecule has 1 aliphatic heterocycles. The van der Waals surface area contributed by atoms with Crippen LogP contribution in [0.4, 0.5) is 0 Å². The first-order valence-corrected chi connectivity index (χ1v) is 9.29. The summed E-state index contributed by atoms with van der Waals surface area (Å²) in [5, 5.41) is 23.8. The molecule has 0 radical (unpaired) electrons. The summed E-state index contributed by atoms with van der Waals surface area (Å²) in [5.41, 5.74) is 3.09. The Hall–Kier alpha value is -2.36. The molecule has 2 atom stereocenters. The van der Waals surface area contributed by atoms with Crippen LogP contribution in [0, 0.1) is 11.3 Å². The average Bonchev–Trinajstić information content (AvgIpc) is 3.30. The van der Waals surface area contributed by atoms with Crippen molar-refractivity contribution in [2.45, 2.75) is 43.7 Å². The van der Waals surface area contributed by atoms with Crippen LogP contribution >= 0.6 is 0 Å². The molecule has 0 saturated carbocycles. The second-order valence-corrected chi connectivity index (χ2v) is 7.47. The number of fused-ring (bicyclic) bond motifs is 3. The smallest absolute Gasteiger partial charge is 0.237 e. The second-order valence-electron chi connectivity index (χ2n) is 7.47. The van der Waals surface area contributed by atoms with Gasteiger partial charge in [-0.1, -0.05) is 18.2 Å². The average molecular weight is 352 g/mol. The number of carbonyl (C=O) groups is 1. The van der Waals surface area contributed by atoms with Crippen molar-refractivity contribution in [3.05, 3.63) is 35.5 Å². The molecule has 2 aromatic rings. The Bertz CT molecular complexity index is 868. The van der Waals surface area contributed by atoms with E-state index < -0.39 is 5.54 Å². The third-order valence-corrected chi connectivity index (χ3v) is 5.91. The number of amides is 1. The van der Waals surface area contributed by atoms with E-state index in [1.807, 2.05) is 12.1 Å². The summed E-state index contributed by atoms with van der Waals surface area (Å²) < 4.78 is 0. The SMILES string of the molecule is N#C[C@@H]1CCCN1C(=O)CNC1(CO)CCc2[nH]c3ccccc3c2C1. The Kier molecular flexibility index (Phi) is 4.43. The number of aliphatic hydroxyl groups is 1. The van der Waals surface area contributed by atoms with E-state index in [0.717, 1.165) is 31.2 Å². The summed E-state index contributed by atoms with van der Waals surface area (Å²) in [4.78, 5) is 17.7. The number of likely N-dealkylation sites (tertiary alicyclic amines) is 1. The minimum Gasteiger partial charge on any atom is -0.394 e. The van der Waals surface area contributed by atoms with Crippen LogP contribution in [0.15, 0.2) is 24.3 Å². The first-order chi connectivity index (χ1) is 12.7. The number of hydrogen-bond donors (Lipinski definition) is 3. The quantitative estimate of drug-likeness (QED) is 0.777. The number of aromatic nitrogens is 1. The molecule has 4 rings (SSSR count). The topological polar surface area (TPSA) is 92.2 Å². The van der Waals surface area contributed by atoms with Crippen LogP contribution in [-0.4, -0.2) is 52.2 Å². The van der Waals surface area contributed by atoms with Crippen molar-refractivity contribution in [2.75, 3.05) is 19.7 Å². The van der Waals surface area contributed by atoms with Crippen LogP contribution in [0.5, 0.6) is 0 Å². The molecule has 2 aliphatic rings. The number of nitriles is 1. The fourth-order valence-electron chi connectivity index (χ4n) is 4.37. The predicted molar refractivity (Wildman–Crippen MR) is 98.5 cm³/mol. The molecule has 1 saturated heterocycles. The molecule has 136 valence electrons. The lowest BCUT2D eigenvalue weighted by molar-refractivity contribution is -0.130. The number of hydrogen-bond acceptors (Lipinski definition) is 4. The third-order valence-electron chi connectivity index (χ3n) is 5.91. The highest BCUT2D eigenvalue weighted by atomic mass is 16.3. The van der Waals surface area contributed by atoms with Gasteiger partial charge in [-0.25, -0.2) is 0 Å². The van der Waals surface area contributed by atoms with Gasteiger partial charge in [0.15, 0.2) is 0 Å². The van der Waals surface area contributed by atoms with Crippen molar-refractivity contribution in [2.24, 2.45) is 0 Å². The van der Waals surface area contributed by atoms with E-state index in [2.05, 4.69) is 28.5 Å². The Balaban J connectivity index is 1.50. The fraction of sp³-hybridized carbons (Fsp3) is 0.500. The minimum absolute atomic E-state index is 0.0130. The molecule has 1 aromatic heterocycles. The summed E-state index contributed by atoms with van der Waals surface area (Å²) in [6.07, 6.45) is 3.95. The van der Waals surface area contributed by atoms with Crippen molar-refractivity contribution < 1.29 is 9.90 Å².